The van der Waals surface area contributed by atoms with Gasteiger partial charge in [-0.15, -0.1) is 10.2 Å². The number of nitrogens with one attached hydrogen (secondary N) is 1. The number of H-pyrrole nitrogens is 1. The van der Waals surface area contributed by atoms with Gasteiger partial charge in [0.05, 0.1) is 11.5 Å². The van der Waals surface area contributed by atoms with E-state index >= 15 is 0 Å². The number of fused-ring (bicyclic) bond motifs is 3. The number of aryl methyl sites for hydroxylation is 1. The molecule has 10 heteroatoms. The van der Waals surface area contributed by atoms with Gasteiger partial charge in [-0.05, 0) is 25.8 Å². The van der Waals surface area contributed by atoms with E-state index in [4.69, 9.17) is 5.26 Å². The SMILES string of the molecule is Cc1nc2nnc3nccc3c2c(C2CCCN(S(=O)(=O)CC#N)C2)[nH]1. The van der Waals surface area contributed by atoms with Crippen molar-refractivity contribution in [2.45, 2.75) is 25.7 Å². The Balaban J connectivity index is 1.83. The molecule has 0 bridgehead atoms. The van der Waals surface area contributed by atoms with Gasteiger partial charge in [0.25, 0.3) is 0 Å². The van der Waals surface area contributed by atoms with Crippen molar-refractivity contribution >= 4 is 32.1 Å². The average Bonchev–Trinajstić information content (AvgIpc) is 3.09. The minimum absolute atomic E-state index is 0.0382. The number of sulfonamides is 1. The van der Waals surface area contributed by atoms with Crippen molar-refractivity contribution in [2.24, 2.45) is 0 Å². The zero-order chi connectivity index (χ0) is 18.3. The van der Waals surface area contributed by atoms with Gasteiger partial charge >= 0.3 is 0 Å². The minimum atomic E-state index is -3.57. The zero-order valence-electron chi connectivity index (χ0n) is 14.2. The number of nitriles is 1. The fourth-order valence-corrected chi connectivity index (χ4v) is 4.72. The predicted octanol–water partition coefficient (Wildman–Crippen LogP) is 1.24. The van der Waals surface area contributed by atoms with Gasteiger partial charge in [0.15, 0.2) is 17.0 Å². The highest BCUT2D eigenvalue weighted by Crippen LogP contribution is 2.33. The highest BCUT2D eigenvalue weighted by molar-refractivity contribution is 7.89. The standard InChI is InChI=1S/C16H17N7O2S/c1-10-19-14(11-3-2-7-23(9-11)26(24,25)8-5-17)13-12-4-6-18-15(12)21-22-16(13)20-10/h4,6,11H,2-3,7-9H2,1H3,(H,19,20,22). The first-order valence-electron chi connectivity index (χ1n) is 8.32. The summed E-state index contributed by atoms with van der Waals surface area (Å²) in [5.74, 6) is 0.156. The smallest absolute Gasteiger partial charge is 0.227 e. The summed E-state index contributed by atoms with van der Waals surface area (Å²) in [6.45, 7) is 2.61. The van der Waals surface area contributed by atoms with E-state index in [1.165, 1.54) is 4.31 Å². The molecule has 1 unspecified atom stereocenters. The summed E-state index contributed by atoms with van der Waals surface area (Å²) in [6, 6.07) is 3.61. The number of hydrogen-bond donors (Lipinski definition) is 1. The van der Waals surface area contributed by atoms with Crippen LogP contribution < -0.4 is 0 Å². The van der Waals surface area contributed by atoms with Gasteiger partial charge in [-0.3, -0.25) is 0 Å². The molecule has 0 saturated carbocycles. The van der Waals surface area contributed by atoms with Crippen LogP contribution in [0.5, 0.6) is 0 Å². The summed E-state index contributed by atoms with van der Waals surface area (Å²) in [5, 5.41) is 18.8. The first-order chi connectivity index (χ1) is 12.5. The van der Waals surface area contributed by atoms with E-state index in [0.29, 0.717) is 30.2 Å². The van der Waals surface area contributed by atoms with Crippen molar-refractivity contribution in [2.75, 3.05) is 18.8 Å². The maximum atomic E-state index is 12.3. The van der Waals surface area contributed by atoms with Gasteiger partial charge in [0.2, 0.25) is 10.0 Å². The number of hydrogen-bond acceptors (Lipinski definition) is 7. The second kappa shape index (κ2) is 6.26. The van der Waals surface area contributed by atoms with Gasteiger partial charge in [-0.25, -0.2) is 22.7 Å². The van der Waals surface area contributed by atoms with Gasteiger partial charge in [-0.2, -0.15) is 5.26 Å². The molecule has 1 atom stereocenters. The van der Waals surface area contributed by atoms with Gasteiger partial charge < -0.3 is 4.98 Å². The van der Waals surface area contributed by atoms with Crippen molar-refractivity contribution in [1.29, 1.82) is 5.26 Å². The van der Waals surface area contributed by atoms with Crippen LogP contribution in [0.3, 0.4) is 0 Å². The Labute approximate surface area is 150 Å². The molecule has 0 aliphatic carbocycles. The van der Waals surface area contributed by atoms with Crippen LogP contribution in [-0.2, 0) is 10.0 Å². The average molecular weight is 371 g/mol. The number of aromatic amines is 1. The monoisotopic (exact) mass is 371 g/mol. The van der Waals surface area contributed by atoms with E-state index in [1.807, 2.05) is 13.0 Å². The Hall–Kier alpha value is -2.64. The van der Waals surface area contributed by atoms with Crippen LogP contribution in [0.25, 0.3) is 22.1 Å². The quantitative estimate of drug-likeness (QED) is 0.733. The van der Waals surface area contributed by atoms with Crippen molar-refractivity contribution in [3.05, 3.63) is 23.8 Å². The summed E-state index contributed by atoms with van der Waals surface area (Å²) in [7, 11) is -3.57. The number of piperidine rings is 1. The van der Waals surface area contributed by atoms with Crippen LogP contribution in [0.4, 0.5) is 0 Å². The Morgan fingerprint density at radius 2 is 2.19 bits per heavy atom. The Morgan fingerprint density at radius 1 is 1.38 bits per heavy atom. The summed E-state index contributed by atoms with van der Waals surface area (Å²) in [4.78, 5) is 11.9. The molecule has 26 heavy (non-hydrogen) atoms. The zero-order valence-corrected chi connectivity index (χ0v) is 15.0. The van der Waals surface area contributed by atoms with Crippen molar-refractivity contribution in [3.8, 4) is 6.07 Å². The lowest BCUT2D eigenvalue weighted by molar-refractivity contribution is 0.314. The van der Waals surface area contributed by atoms with E-state index in [-0.39, 0.29) is 5.92 Å². The number of aromatic nitrogens is 5. The molecule has 1 aliphatic heterocycles. The van der Waals surface area contributed by atoms with Crippen LogP contribution >= 0.6 is 0 Å². The maximum absolute atomic E-state index is 12.3. The summed E-state index contributed by atoms with van der Waals surface area (Å²) >= 11 is 0. The molecule has 1 fully saturated rings. The molecule has 1 saturated heterocycles. The predicted molar refractivity (Wildman–Crippen MR) is 94.7 cm³/mol. The third-order valence-corrected chi connectivity index (χ3v) is 6.31. The Kier molecular flexibility index (Phi) is 4.05. The molecule has 4 rings (SSSR count). The molecule has 1 aliphatic rings. The molecular formula is C16H17N7O2S. The van der Waals surface area contributed by atoms with Gasteiger partial charge in [-0.1, -0.05) is 0 Å². The topological polar surface area (TPSA) is 129 Å². The van der Waals surface area contributed by atoms with E-state index < -0.39 is 15.8 Å². The lowest BCUT2D eigenvalue weighted by Gasteiger charge is -2.32. The lowest BCUT2D eigenvalue weighted by atomic mass is 9.93. The molecule has 4 heterocycles. The molecule has 134 valence electrons. The molecule has 0 radical (unpaired) electrons. The minimum Gasteiger partial charge on any atom is -0.346 e. The van der Waals surface area contributed by atoms with Crippen LogP contribution in [0.2, 0.25) is 0 Å². The van der Waals surface area contributed by atoms with Crippen molar-refractivity contribution in [1.82, 2.24) is 29.5 Å². The molecule has 0 aromatic carbocycles. The van der Waals surface area contributed by atoms with E-state index in [2.05, 4.69) is 25.1 Å². The lowest BCUT2D eigenvalue weighted by Crippen LogP contribution is -2.40. The van der Waals surface area contributed by atoms with Crippen molar-refractivity contribution in [3.63, 3.8) is 0 Å². The van der Waals surface area contributed by atoms with Crippen LogP contribution in [0.1, 0.15) is 30.3 Å². The van der Waals surface area contributed by atoms with Gasteiger partial charge in [0, 0.05) is 36.3 Å². The van der Waals surface area contributed by atoms with Crippen molar-refractivity contribution < 1.29 is 8.42 Å². The number of nitrogens with zero attached hydrogens (tertiary/aromatic N) is 6. The van der Waals surface area contributed by atoms with E-state index in [1.54, 1.807) is 12.3 Å². The second-order valence-corrected chi connectivity index (χ2v) is 8.40. The second-order valence-electron chi connectivity index (χ2n) is 6.43. The molecule has 9 nitrogen and oxygen atoms in total. The maximum Gasteiger partial charge on any atom is 0.227 e. The molecule has 3 aromatic heterocycles. The highest BCUT2D eigenvalue weighted by Gasteiger charge is 2.31. The third kappa shape index (κ3) is 2.79. The molecule has 3 aromatic rings. The van der Waals surface area contributed by atoms with E-state index in [9.17, 15) is 8.42 Å². The normalized spacial score (nSPS) is 19.0. The highest BCUT2D eigenvalue weighted by atomic mass is 32.2. The molecule has 0 amide bonds. The fraction of sp³-hybridized carbons (Fsp3) is 0.438. The summed E-state index contributed by atoms with van der Waals surface area (Å²) in [5.41, 5.74) is 1.97. The third-order valence-electron chi connectivity index (χ3n) is 4.70. The largest absolute Gasteiger partial charge is 0.346 e. The molecule has 1 N–H and O–H groups in total. The Bertz CT molecular complexity index is 1130. The Morgan fingerprint density at radius 3 is 3.00 bits per heavy atom. The summed E-state index contributed by atoms with van der Waals surface area (Å²) in [6.07, 6.45) is 3.24. The first kappa shape index (κ1) is 16.8. The van der Waals surface area contributed by atoms with Gasteiger partial charge in [0.1, 0.15) is 5.82 Å². The van der Waals surface area contributed by atoms with Crippen LogP contribution in [0.15, 0.2) is 12.3 Å². The first-order valence-corrected chi connectivity index (χ1v) is 9.93. The number of rotatable bonds is 3. The van der Waals surface area contributed by atoms with Crippen LogP contribution in [-0.4, -0.2) is 56.7 Å². The van der Waals surface area contributed by atoms with E-state index in [0.717, 1.165) is 29.3 Å². The molecule has 0 spiro atoms. The van der Waals surface area contributed by atoms with Crippen LogP contribution in [0, 0.1) is 18.3 Å². The fourth-order valence-electron chi connectivity index (χ4n) is 3.56. The summed E-state index contributed by atoms with van der Waals surface area (Å²) < 4.78 is 26.0. The molecular weight excluding hydrogens is 354 g/mol.